The molecular formula is C26H40O2Si2. The number of benzene rings is 1. The number of hydrogen-bond donors (Lipinski definition) is 0. The molecule has 0 saturated heterocycles. The van der Waals surface area contributed by atoms with E-state index in [2.05, 4.69) is 70.3 Å². The number of aryl methyl sites for hydroxylation is 1. The van der Waals surface area contributed by atoms with Gasteiger partial charge in [0.15, 0.2) is 8.32 Å². The van der Waals surface area contributed by atoms with Crippen LogP contribution in [0.3, 0.4) is 0 Å². The smallest absolute Gasteiger partial charge is 0.242 e. The van der Waals surface area contributed by atoms with Crippen LogP contribution in [0.15, 0.2) is 18.2 Å². The summed E-state index contributed by atoms with van der Waals surface area (Å²) in [5.41, 5.74) is 2.86. The highest BCUT2D eigenvalue weighted by Crippen LogP contribution is 2.65. The predicted octanol–water partition coefficient (Wildman–Crippen LogP) is 6.98. The summed E-state index contributed by atoms with van der Waals surface area (Å²) < 4.78 is 13.1. The number of fused-ring (bicyclic) bond motifs is 5. The summed E-state index contributed by atoms with van der Waals surface area (Å²) >= 11 is 0. The molecule has 0 spiro atoms. The SMILES string of the molecule is C#C[C@]1(O[Si](C)(C)C)CC[C@H]2[C@@H]3CCc4cc(O[Si](C)(C)C)ccc4[C@H]3CC[C@@]21C. The highest BCUT2D eigenvalue weighted by molar-refractivity contribution is 6.70. The maximum Gasteiger partial charge on any atom is 0.242 e. The topological polar surface area (TPSA) is 18.5 Å². The van der Waals surface area contributed by atoms with Crippen molar-refractivity contribution in [1.82, 2.24) is 0 Å². The van der Waals surface area contributed by atoms with E-state index in [0.29, 0.717) is 11.8 Å². The molecule has 0 aliphatic heterocycles. The molecule has 2 fully saturated rings. The van der Waals surface area contributed by atoms with E-state index in [1.54, 1.807) is 5.56 Å². The van der Waals surface area contributed by atoms with Gasteiger partial charge in [-0.3, -0.25) is 0 Å². The standard InChI is InChI=1S/C26H40O2Si2/c1-9-26(28-30(6,7)8)17-15-24-23-12-10-19-18-20(27-29(3,4)5)11-13-21(19)22(23)14-16-25(24,26)2/h1,11,13,18,22-24H,10,12,14-17H2,2-8H3/t22-,23-,24+,25+,26+/m1/s1. The molecule has 4 heteroatoms. The third-order valence-corrected chi connectivity index (χ3v) is 9.76. The van der Waals surface area contributed by atoms with Crippen molar-refractivity contribution in [3.8, 4) is 18.1 Å². The second kappa shape index (κ2) is 7.25. The maximum absolute atomic E-state index is 6.81. The Morgan fingerprint density at radius 3 is 2.37 bits per heavy atom. The first-order valence-corrected chi connectivity index (χ1v) is 18.7. The van der Waals surface area contributed by atoms with Gasteiger partial charge in [-0.2, -0.15) is 0 Å². The van der Waals surface area contributed by atoms with Gasteiger partial charge in [-0.1, -0.05) is 18.9 Å². The minimum absolute atomic E-state index is 0.113. The van der Waals surface area contributed by atoms with E-state index in [4.69, 9.17) is 15.3 Å². The maximum atomic E-state index is 6.81. The largest absolute Gasteiger partial charge is 0.544 e. The van der Waals surface area contributed by atoms with Crippen LogP contribution in [0.1, 0.15) is 56.1 Å². The van der Waals surface area contributed by atoms with E-state index in [1.165, 1.54) is 37.7 Å². The first-order chi connectivity index (χ1) is 13.9. The molecule has 0 aromatic heterocycles. The van der Waals surface area contributed by atoms with Gasteiger partial charge in [-0.15, -0.1) is 6.42 Å². The van der Waals surface area contributed by atoms with Crippen molar-refractivity contribution in [2.45, 2.75) is 96.2 Å². The Kier molecular flexibility index (Phi) is 5.36. The fourth-order valence-corrected chi connectivity index (χ4v) is 9.20. The zero-order valence-corrected chi connectivity index (χ0v) is 22.1. The van der Waals surface area contributed by atoms with Crippen LogP contribution in [0.5, 0.6) is 5.75 Å². The molecule has 2 nitrogen and oxygen atoms in total. The predicted molar refractivity (Wildman–Crippen MR) is 131 cm³/mol. The molecule has 3 aliphatic rings. The average molecular weight is 441 g/mol. The van der Waals surface area contributed by atoms with Crippen molar-refractivity contribution in [3.05, 3.63) is 29.3 Å². The number of terminal acetylenes is 1. The van der Waals surface area contributed by atoms with Crippen LogP contribution in [0.25, 0.3) is 0 Å². The Bertz CT molecular complexity index is 859. The molecule has 3 aliphatic carbocycles. The van der Waals surface area contributed by atoms with Gasteiger partial charge in [0.1, 0.15) is 11.4 Å². The van der Waals surface area contributed by atoms with E-state index in [0.717, 1.165) is 18.1 Å². The Labute approximate surface area is 186 Å². The van der Waals surface area contributed by atoms with Crippen LogP contribution < -0.4 is 4.43 Å². The van der Waals surface area contributed by atoms with Crippen molar-refractivity contribution in [3.63, 3.8) is 0 Å². The molecule has 4 rings (SSSR count). The Balaban J connectivity index is 1.62. The Hall–Kier alpha value is -1.03. The van der Waals surface area contributed by atoms with E-state index in [1.807, 2.05) is 0 Å². The number of hydrogen-bond acceptors (Lipinski definition) is 2. The molecule has 0 amide bonds. The summed E-state index contributed by atoms with van der Waals surface area (Å²) in [7, 11) is -3.29. The quantitative estimate of drug-likeness (QED) is 0.371. The zero-order valence-electron chi connectivity index (χ0n) is 20.1. The van der Waals surface area contributed by atoms with Crippen molar-refractivity contribution >= 4 is 16.6 Å². The molecule has 0 N–H and O–H groups in total. The first-order valence-electron chi connectivity index (χ1n) is 11.9. The second-order valence-corrected chi connectivity index (χ2v) is 21.0. The molecule has 164 valence electrons. The summed E-state index contributed by atoms with van der Waals surface area (Å²) in [6.45, 7) is 16.1. The minimum Gasteiger partial charge on any atom is -0.544 e. The zero-order chi connectivity index (χ0) is 21.9. The second-order valence-electron chi connectivity index (χ2n) is 12.2. The Morgan fingerprint density at radius 1 is 1.00 bits per heavy atom. The molecule has 0 heterocycles. The molecule has 0 bridgehead atoms. The van der Waals surface area contributed by atoms with E-state index in [9.17, 15) is 0 Å². The summed E-state index contributed by atoms with van der Waals surface area (Å²) in [6.07, 6.45) is 13.3. The van der Waals surface area contributed by atoms with Gasteiger partial charge in [0, 0.05) is 5.41 Å². The van der Waals surface area contributed by atoms with E-state index < -0.39 is 16.6 Å². The molecule has 5 atom stereocenters. The minimum atomic E-state index is -1.72. The van der Waals surface area contributed by atoms with Crippen LogP contribution in [-0.4, -0.2) is 22.2 Å². The van der Waals surface area contributed by atoms with Gasteiger partial charge in [-0.25, -0.2) is 0 Å². The van der Waals surface area contributed by atoms with Gasteiger partial charge in [0.25, 0.3) is 0 Å². The van der Waals surface area contributed by atoms with Crippen LogP contribution in [0.2, 0.25) is 39.3 Å². The lowest BCUT2D eigenvalue weighted by Crippen LogP contribution is -2.54. The third kappa shape index (κ3) is 3.72. The first kappa shape index (κ1) is 22.2. The Morgan fingerprint density at radius 2 is 1.73 bits per heavy atom. The van der Waals surface area contributed by atoms with E-state index >= 15 is 0 Å². The lowest BCUT2D eigenvalue weighted by molar-refractivity contribution is -0.0537. The van der Waals surface area contributed by atoms with Gasteiger partial charge in [-0.05, 0) is 119 Å². The molecular weight excluding hydrogens is 400 g/mol. The highest BCUT2D eigenvalue weighted by atomic mass is 28.4. The molecule has 1 aromatic carbocycles. The lowest BCUT2D eigenvalue weighted by atomic mass is 9.53. The molecule has 2 saturated carbocycles. The third-order valence-electron chi connectivity index (χ3n) is 7.96. The van der Waals surface area contributed by atoms with Crippen LogP contribution in [0, 0.1) is 29.6 Å². The average Bonchev–Trinajstić information content (AvgIpc) is 2.91. The molecule has 30 heavy (non-hydrogen) atoms. The van der Waals surface area contributed by atoms with Gasteiger partial charge in [0.05, 0.1) is 0 Å². The summed E-state index contributed by atoms with van der Waals surface area (Å²) in [5, 5.41) is 0. The van der Waals surface area contributed by atoms with Crippen LogP contribution in [-0.2, 0) is 10.8 Å². The van der Waals surface area contributed by atoms with Gasteiger partial charge in [0.2, 0.25) is 8.32 Å². The fourth-order valence-electron chi connectivity index (χ4n) is 6.93. The van der Waals surface area contributed by atoms with Crippen LogP contribution in [0.4, 0.5) is 0 Å². The number of rotatable bonds is 4. The highest BCUT2D eigenvalue weighted by Gasteiger charge is 2.63. The van der Waals surface area contributed by atoms with Crippen molar-refractivity contribution in [2.75, 3.05) is 0 Å². The molecule has 1 aromatic rings. The fraction of sp³-hybridized carbons (Fsp3) is 0.692. The summed E-state index contributed by atoms with van der Waals surface area (Å²) in [4.78, 5) is 0. The van der Waals surface area contributed by atoms with Crippen molar-refractivity contribution in [2.24, 2.45) is 17.3 Å². The summed E-state index contributed by atoms with van der Waals surface area (Å²) in [6, 6.07) is 6.94. The van der Waals surface area contributed by atoms with Gasteiger partial charge >= 0.3 is 0 Å². The van der Waals surface area contributed by atoms with Crippen LogP contribution >= 0.6 is 0 Å². The normalized spacial score (nSPS) is 35.7. The van der Waals surface area contributed by atoms with Gasteiger partial charge < -0.3 is 8.85 Å². The van der Waals surface area contributed by atoms with E-state index in [-0.39, 0.29) is 11.0 Å². The lowest BCUT2D eigenvalue weighted by Gasteiger charge is -2.54. The molecule has 0 radical (unpaired) electrons. The van der Waals surface area contributed by atoms with Crippen molar-refractivity contribution < 1.29 is 8.85 Å². The van der Waals surface area contributed by atoms with Crippen molar-refractivity contribution in [1.29, 1.82) is 0 Å². The monoisotopic (exact) mass is 440 g/mol. The summed E-state index contributed by atoms with van der Waals surface area (Å²) in [5.74, 6) is 6.38. The molecule has 0 unspecified atom stereocenters.